The second-order valence-corrected chi connectivity index (χ2v) is 10.2. The van der Waals surface area contributed by atoms with Crippen molar-refractivity contribution in [3.05, 3.63) is 48.0 Å². The second kappa shape index (κ2) is 9.53. The van der Waals surface area contributed by atoms with Gasteiger partial charge >= 0.3 is 0 Å². The van der Waals surface area contributed by atoms with Crippen molar-refractivity contribution in [3.63, 3.8) is 0 Å². The van der Waals surface area contributed by atoms with Gasteiger partial charge in [-0.25, -0.2) is 8.42 Å². The Morgan fingerprint density at radius 1 is 1.23 bits per heavy atom. The Bertz CT molecular complexity index is 1040. The maximum atomic E-state index is 12.7. The fraction of sp³-hybridized carbons (Fsp3) is 0.333. The number of anilines is 1. The van der Waals surface area contributed by atoms with Gasteiger partial charge in [0.05, 0.1) is 23.4 Å². The number of hydrogen-bond donors (Lipinski definition) is 2. The van der Waals surface area contributed by atoms with E-state index in [0.29, 0.717) is 18.0 Å². The quantitative estimate of drug-likeness (QED) is 0.675. The minimum atomic E-state index is -3.66. The van der Waals surface area contributed by atoms with E-state index in [1.807, 2.05) is 19.1 Å². The summed E-state index contributed by atoms with van der Waals surface area (Å²) in [4.78, 5) is 25.1. The van der Waals surface area contributed by atoms with Crippen LogP contribution in [0, 0.1) is 5.92 Å². The molecule has 2 aromatic carbocycles. The van der Waals surface area contributed by atoms with Crippen LogP contribution in [0.15, 0.2) is 52.3 Å². The lowest BCUT2D eigenvalue weighted by atomic mass is 10.2. The lowest BCUT2D eigenvalue weighted by Gasteiger charge is -2.10. The Morgan fingerprint density at radius 3 is 2.67 bits per heavy atom. The summed E-state index contributed by atoms with van der Waals surface area (Å²) >= 11 is 1.52. The Labute approximate surface area is 180 Å². The molecule has 1 aliphatic rings. The molecule has 1 atom stereocenters. The van der Waals surface area contributed by atoms with Crippen molar-refractivity contribution in [1.82, 2.24) is 5.32 Å². The molecule has 1 heterocycles. The van der Waals surface area contributed by atoms with Crippen LogP contribution in [0.25, 0.3) is 0 Å². The molecule has 1 aliphatic heterocycles. The van der Waals surface area contributed by atoms with Gasteiger partial charge in [0.25, 0.3) is 0 Å². The van der Waals surface area contributed by atoms with E-state index in [-0.39, 0.29) is 34.8 Å². The molecule has 0 aliphatic carbocycles. The number of benzene rings is 2. The summed E-state index contributed by atoms with van der Waals surface area (Å²) in [6, 6.07) is 12.0. The molecular weight excluding hydrogens is 424 g/mol. The van der Waals surface area contributed by atoms with Crippen LogP contribution in [0.2, 0.25) is 0 Å². The predicted molar refractivity (Wildman–Crippen MR) is 116 cm³/mol. The van der Waals surface area contributed by atoms with Crippen molar-refractivity contribution < 1.29 is 22.7 Å². The number of hydrogen-bond acceptors (Lipinski definition) is 6. The number of carbonyl (C=O) groups excluding carboxylic acids is 2. The molecule has 0 fully saturated rings. The maximum absolute atomic E-state index is 12.7. The smallest absolute Gasteiger partial charge is 0.228 e. The highest BCUT2D eigenvalue weighted by atomic mass is 32.2. The highest BCUT2D eigenvalue weighted by Gasteiger charge is 2.23. The number of fused-ring (bicyclic) bond motifs is 1. The van der Waals surface area contributed by atoms with Gasteiger partial charge in [-0.15, -0.1) is 11.8 Å². The Morgan fingerprint density at radius 2 is 1.97 bits per heavy atom. The molecule has 0 unspecified atom stereocenters. The largest absolute Gasteiger partial charge is 0.497 e. The highest BCUT2D eigenvalue weighted by Crippen LogP contribution is 2.34. The van der Waals surface area contributed by atoms with Crippen LogP contribution in [-0.4, -0.2) is 38.8 Å². The molecule has 7 nitrogen and oxygen atoms in total. The van der Waals surface area contributed by atoms with Gasteiger partial charge < -0.3 is 15.4 Å². The number of thioether (sulfide) groups is 1. The van der Waals surface area contributed by atoms with Gasteiger partial charge in [-0.1, -0.05) is 19.1 Å². The molecule has 30 heavy (non-hydrogen) atoms. The zero-order valence-corrected chi connectivity index (χ0v) is 18.4. The average Bonchev–Trinajstić information content (AvgIpc) is 2.89. The van der Waals surface area contributed by atoms with Crippen LogP contribution in [0.4, 0.5) is 5.69 Å². The van der Waals surface area contributed by atoms with Crippen molar-refractivity contribution in [2.75, 3.05) is 23.9 Å². The third-order valence-electron chi connectivity index (χ3n) is 4.75. The normalized spacial score (nSPS) is 16.2. The van der Waals surface area contributed by atoms with Gasteiger partial charge in [-0.3, -0.25) is 9.59 Å². The number of rotatable bonds is 7. The molecule has 0 saturated carbocycles. The van der Waals surface area contributed by atoms with Crippen molar-refractivity contribution in [2.24, 2.45) is 5.92 Å². The molecule has 0 saturated heterocycles. The first-order chi connectivity index (χ1) is 14.3. The zero-order chi connectivity index (χ0) is 21.7. The number of methoxy groups -OCH3 is 1. The van der Waals surface area contributed by atoms with E-state index in [1.165, 1.54) is 23.9 Å². The minimum Gasteiger partial charge on any atom is -0.497 e. The predicted octanol–water partition coefficient (Wildman–Crippen LogP) is 2.86. The van der Waals surface area contributed by atoms with Crippen LogP contribution in [0.5, 0.6) is 5.75 Å². The number of sulfone groups is 1. The Hall–Kier alpha value is -2.52. The number of ether oxygens (including phenoxy) is 1. The summed E-state index contributed by atoms with van der Waals surface area (Å²) in [5, 5.41) is 5.51. The number of carbonyl (C=O) groups is 2. The molecule has 0 spiro atoms. The van der Waals surface area contributed by atoms with Gasteiger partial charge in [0.15, 0.2) is 9.84 Å². The molecule has 2 amide bonds. The summed E-state index contributed by atoms with van der Waals surface area (Å²) in [5.41, 5.74) is 1.39. The average molecular weight is 449 g/mol. The maximum Gasteiger partial charge on any atom is 0.228 e. The van der Waals surface area contributed by atoms with Crippen molar-refractivity contribution in [3.8, 4) is 5.75 Å². The van der Waals surface area contributed by atoms with Crippen molar-refractivity contribution >= 4 is 39.1 Å². The second-order valence-electron chi connectivity index (χ2n) is 7.05. The van der Waals surface area contributed by atoms with Crippen molar-refractivity contribution in [2.45, 2.75) is 29.7 Å². The molecule has 0 radical (unpaired) electrons. The number of amides is 2. The molecule has 3 rings (SSSR count). The minimum absolute atomic E-state index is 0.0969. The topological polar surface area (TPSA) is 102 Å². The van der Waals surface area contributed by atoms with Crippen LogP contribution in [0.3, 0.4) is 0 Å². The van der Waals surface area contributed by atoms with Gasteiger partial charge in [0.1, 0.15) is 5.75 Å². The van der Waals surface area contributed by atoms with Crippen LogP contribution < -0.4 is 15.4 Å². The zero-order valence-electron chi connectivity index (χ0n) is 16.8. The third-order valence-corrected chi connectivity index (χ3v) is 7.80. The molecule has 0 bridgehead atoms. The first-order valence-electron chi connectivity index (χ1n) is 9.48. The lowest BCUT2D eigenvalue weighted by molar-refractivity contribution is -0.121. The van der Waals surface area contributed by atoms with Crippen LogP contribution >= 0.6 is 11.8 Å². The molecule has 9 heteroatoms. The van der Waals surface area contributed by atoms with E-state index in [9.17, 15) is 18.0 Å². The summed E-state index contributed by atoms with van der Waals surface area (Å²) in [6.45, 7) is 2.14. The fourth-order valence-corrected chi connectivity index (χ4v) is 5.12. The number of nitrogens with one attached hydrogen (secondary N) is 2. The summed E-state index contributed by atoms with van der Waals surface area (Å²) in [5.74, 6) is 0.421. The van der Waals surface area contributed by atoms with E-state index < -0.39 is 9.84 Å². The van der Waals surface area contributed by atoms with E-state index in [2.05, 4.69) is 10.6 Å². The third kappa shape index (κ3) is 5.54. The lowest BCUT2D eigenvalue weighted by Crippen LogP contribution is -2.25. The first kappa shape index (κ1) is 22.2. The molecule has 2 aromatic rings. The van der Waals surface area contributed by atoms with Gasteiger partial charge in [-0.2, -0.15) is 0 Å². The summed E-state index contributed by atoms with van der Waals surface area (Å²) in [6.07, 6.45) is -0.145. The molecule has 160 valence electrons. The SMILES string of the molecule is COc1ccc(CNC(=O)CCS(=O)(=O)c2ccc3c(c2)NC(=O)[C@@H](C)CS3)cc1. The molecular formula is C21H24N2O5S2. The molecule has 2 N–H and O–H groups in total. The van der Waals surface area contributed by atoms with Crippen molar-refractivity contribution in [1.29, 1.82) is 0 Å². The fourth-order valence-electron chi connectivity index (χ4n) is 2.85. The Kier molecular flexibility index (Phi) is 7.04. The van der Waals surface area contributed by atoms with E-state index >= 15 is 0 Å². The van der Waals surface area contributed by atoms with Crippen LogP contribution in [-0.2, 0) is 26.0 Å². The first-order valence-corrected chi connectivity index (χ1v) is 12.1. The molecule has 0 aromatic heterocycles. The van der Waals surface area contributed by atoms with Gasteiger partial charge in [0, 0.05) is 29.5 Å². The van der Waals surface area contributed by atoms with E-state index in [1.54, 1.807) is 25.3 Å². The van der Waals surface area contributed by atoms with E-state index in [0.717, 1.165) is 16.2 Å². The van der Waals surface area contributed by atoms with Crippen LogP contribution in [0.1, 0.15) is 18.9 Å². The Balaban J connectivity index is 1.59. The van der Waals surface area contributed by atoms with E-state index in [4.69, 9.17) is 4.74 Å². The highest BCUT2D eigenvalue weighted by molar-refractivity contribution is 7.99. The van der Waals surface area contributed by atoms with Gasteiger partial charge in [0.2, 0.25) is 11.8 Å². The monoisotopic (exact) mass is 448 g/mol. The summed E-state index contributed by atoms with van der Waals surface area (Å²) < 4.78 is 30.5. The van der Waals surface area contributed by atoms with Gasteiger partial charge in [-0.05, 0) is 35.9 Å². The summed E-state index contributed by atoms with van der Waals surface area (Å²) in [7, 11) is -2.08. The standard InChI is InChI=1S/C21H24N2O5S2/c1-14-13-29-19-8-7-17(11-18(19)23-21(14)25)30(26,27)10-9-20(24)22-12-15-3-5-16(28-2)6-4-15/h3-8,11,14H,9-10,12-13H2,1-2H3,(H,22,24)(H,23,25)/t14-/m0/s1.